The van der Waals surface area contributed by atoms with E-state index in [1.54, 1.807) is 0 Å². The van der Waals surface area contributed by atoms with E-state index in [4.69, 9.17) is 34.3 Å². The van der Waals surface area contributed by atoms with Crippen LogP contribution in [0, 0.1) is 0 Å². The zero-order chi connectivity index (χ0) is 17.6. The van der Waals surface area contributed by atoms with Crippen molar-refractivity contribution in [1.82, 2.24) is 0 Å². The minimum absolute atomic E-state index is 0.587. The summed E-state index contributed by atoms with van der Waals surface area (Å²) in [5.41, 5.74) is 6.96. The molecule has 0 saturated heterocycles. The van der Waals surface area contributed by atoms with E-state index in [2.05, 4.69) is 46.4 Å². The predicted molar refractivity (Wildman–Crippen MR) is 103 cm³/mol. The van der Waals surface area contributed by atoms with Gasteiger partial charge in [0.05, 0.1) is 24.6 Å². The van der Waals surface area contributed by atoms with E-state index in [0.717, 1.165) is 35.6 Å². The monoisotopic (exact) mass is 432 g/mol. The number of hydrogen-bond acceptors (Lipinski definition) is 3. The summed E-state index contributed by atoms with van der Waals surface area (Å²) in [5.74, 6) is 0. The van der Waals surface area contributed by atoms with Crippen molar-refractivity contribution in [2.45, 2.75) is 12.8 Å². The molecule has 2 aromatic carbocycles. The van der Waals surface area contributed by atoms with Crippen LogP contribution in [0.15, 0.2) is 58.5 Å². The summed E-state index contributed by atoms with van der Waals surface area (Å²) in [6, 6.07) is 16.5. The second-order valence-electron chi connectivity index (χ2n) is 5.65. The number of para-hydroxylation sites is 2. The number of benzene rings is 2. The topological polar surface area (TPSA) is 34.0 Å². The maximum Gasteiger partial charge on any atom is 0.0857 e. The van der Waals surface area contributed by atoms with Crippen LogP contribution in [0.5, 0.6) is 0 Å². The Balaban J connectivity index is 0.000000415. The number of fused-ring (bicyclic) bond motifs is 2. The molecule has 2 heterocycles. The molecule has 0 atom stereocenters. The zero-order valence-electron chi connectivity index (χ0n) is 13.3. The van der Waals surface area contributed by atoms with Crippen molar-refractivity contribution in [1.29, 1.82) is 0 Å². The van der Waals surface area contributed by atoms with Crippen LogP contribution in [0.25, 0.3) is 0 Å². The third-order valence-corrected chi connectivity index (χ3v) is 3.87. The maximum absolute atomic E-state index is 5.80. The number of aliphatic imine (C=N–C) groups is 2. The Hall–Kier alpha value is -0.806. The van der Waals surface area contributed by atoms with Crippen LogP contribution < -0.4 is 0 Å². The smallest absolute Gasteiger partial charge is 0.0857 e. The van der Waals surface area contributed by atoms with Gasteiger partial charge in [0.1, 0.15) is 0 Å². The third-order valence-electron chi connectivity index (χ3n) is 3.87. The van der Waals surface area contributed by atoms with Gasteiger partial charge < -0.3 is 4.74 Å². The first-order valence-corrected chi connectivity index (χ1v) is 13.5. The standard InChI is InChI=1S/C18H16N2O.3ClH.V/c1-3-7-17-13(5-1)9-15(19-17)11-21-12-16-10-14-6-2-4-8-18(14)20-16;;;;/h1-8H,9-12H2;3*1H;/q;;;;+3/p-3. The van der Waals surface area contributed by atoms with Crippen LogP contribution in [-0.2, 0) is 29.9 Å². The van der Waals surface area contributed by atoms with Crippen molar-refractivity contribution >= 4 is 52.3 Å². The zero-order valence-corrected chi connectivity index (χ0v) is 17.0. The summed E-state index contributed by atoms with van der Waals surface area (Å²) in [6.45, 7) is 1.17. The molecular formula is C18H16Cl3N2OV. The van der Waals surface area contributed by atoms with Gasteiger partial charge in [0, 0.05) is 24.3 Å². The summed E-state index contributed by atoms with van der Waals surface area (Å²) >= 11 is -1.77. The van der Waals surface area contributed by atoms with E-state index in [1.165, 1.54) is 11.1 Å². The van der Waals surface area contributed by atoms with Crippen molar-refractivity contribution in [3.05, 3.63) is 59.7 Å². The summed E-state index contributed by atoms with van der Waals surface area (Å²) in [6.07, 6.45) is 1.81. The Morgan fingerprint density at radius 1 is 0.760 bits per heavy atom. The number of hydrogen-bond donors (Lipinski definition) is 0. The number of nitrogens with zero attached hydrogens (tertiary/aromatic N) is 2. The van der Waals surface area contributed by atoms with Crippen LogP contribution in [-0.4, -0.2) is 24.6 Å². The molecule has 0 amide bonds. The summed E-state index contributed by atoms with van der Waals surface area (Å²) in [7, 11) is 14.9. The molecule has 0 unspecified atom stereocenters. The van der Waals surface area contributed by atoms with Crippen LogP contribution in [0.2, 0.25) is 0 Å². The van der Waals surface area contributed by atoms with Gasteiger partial charge in [0.2, 0.25) is 0 Å². The first kappa shape index (κ1) is 19.0. The molecule has 3 nitrogen and oxygen atoms in total. The van der Waals surface area contributed by atoms with Crippen LogP contribution in [0.3, 0.4) is 0 Å². The maximum atomic E-state index is 5.80. The fourth-order valence-corrected chi connectivity index (χ4v) is 2.85. The largest absolute Gasteiger partial charge is 0.370 e. The van der Waals surface area contributed by atoms with Gasteiger partial charge in [0.25, 0.3) is 0 Å². The molecule has 0 radical (unpaired) electrons. The number of ether oxygens (including phenoxy) is 1. The molecule has 2 aliphatic rings. The van der Waals surface area contributed by atoms with Gasteiger partial charge in [-0.05, 0) is 23.3 Å². The quantitative estimate of drug-likeness (QED) is 0.606. The number of halogens is 3. The average molecular weight is 434 g/mol. The molecule has 25 heavy (non-hydrogen) atoms. The van der Waals surface area contributed by atoms with Crippen LogP contribution in [0.1, 0.15) is 11.1 Å². The van der Waals surface area contributed by atoms with Gasteiger partial charge in [0.15, 0.2) is 0 Å². The SMILES string of the molecule is [Cl][V]([Cl])[Cl].c1ccc2c(c1)CC(COCC1=Nc3ccccc3C1)=N2. The minimum Gasteiger partial charge on any atom is -0.370 e. The van der Waals surface area contributed by atoms with E-state index in [1.807, 2.05) is 12.1 Å². The molecule has 0 fully saturated rings. The Morgan fingerprint density at radius 3 is 1.56 bits per heavy atom. The molecule has 0 bridgehead atoms. The molecule has 0 spiro atoms. The molecule has 0 aromatic heterocycles. The van der Waals surface area contributed by atoms with E-state index in [0.29, 0.717) is 13.2 Å². The molecule has 2 aliphatic heterocycles. The molecule has 0 aliphatic carbocycles. The molecule has 4 rings (SSSR count). The second-order valence-corrected chi connectivity index (χ2v) is 12.6. The van der Waals surface area contributed by atoms with Crippen molar-refractivity contribution in [2.24, 2.45) is 9.98 Å². The summed E-state index contributed by atoms with van der Waals surface area (Å²) in [4.78, 5) is 9.21. The Labute approximate surface area is 164 Å². The fraction of sp³-hybridized carbons (Fsp3) is 0.222. The van der Waals surface area contributed by atoms with E-state index >= 15 is 0 Å². The normalized spacial score (nSPS) is 14.4. The van der Waals surface area contributed by atoms with Crippen LogP contribution in [0.4, 0.5) is 11.4 Å². The Bertz CT molecular complexity index is 742. The van der Waals surface area contributed by atoms with Gasteiger partial charge >= 0.3 is 41.8 Å². The van der Waals surface area contributed by atoms with E-state index in [9.17, 15) is 0 Å². The molecule has 0 saturated carbocycles. The summed E-state index contributed by atoms with van der Waals surface area (Å²) < 4.78 is 5.80. The Morgan fingerprint density at radius 2 is 1.16 bits per heavy atom. The Kier molecular flexibility index (Phi) is 7.00. The van der Waals surface area contributed by atoms with Crippen molar-refractivity contribution < 1.29 is 17.0 Å². The van der Waals surface area contributed by atoms with Crippen LogP contribution >= 0.6 is 29.5 Å². The van der Waals surface area contributed by atoms with Gasteiger partial charge in [-0.1, -0.05) is 36.4 Å². The van der Waals surface area contributed by atoms with Crippen molar-refractivity contribution in [2.75, 3.05) is 13.2 Å². The second kappa shape index (κ2) is 9.22. The predicted octanol–water partition coefficient (Wildman–Crippen LogP) is 5.73. The van der Waals surface area contributed by atoms with Crippen molar-refractivity contribution in [3.63, 3.8) is 0 Å². The van der Waals surface area contributed by atoms with Gasteiger partial charge in [-0.2, -0.15) is 0 Å². The molecule has 7 heteroatoms. The summed E-state index contributed by atoms with van der Waals surface area (Å²) in [5, 5.41) is 0. The van der Waals surface area contributed by atoms with E-state index in [-0.39, 0.29) is 0 Å². The van der Waals surface area contributed by atoms with E-state index < -0.39 is 12.3 Å². The van der Waals surface area contributed by atoms with Gasteiger partial charge in [-0.25, -0.2) is 0 Å². The third kappa shape index (κ3) is 5.58. The van der Waals surface area contributed by atoms with Gasteiger partial charge in [-0.3, -0.25) is 9.98 Å². The first-order chi connectivity index (χ1) is 12.1. The molecular weight excluding hydrogens is 418 g/mol. The molecule has 0 N–H and O–H groups in total. The molecule has 130 valence electrons. The minimum atomic E-state index is -1.77. The first-order valence-electron chi connectivity index (χ1n) is 7.75. The van der Waals surface area contributed by atoms with Gasteiger partial charge in [-0.15, -0.1) is 0 Å². The molecule has 2 aromatic rings. The fourth-order valence-electron chi connectivity index (χ4n) is 2.85. The average Bonchev–Trinajstić information content (AvgIpc) is 3.16. The number of rotatable bonds is 4. The van der Waals surface area contributed by atoms with Crippen molar-refractivity contribution in [3.8, 4) is 0 Å².